The predicted octanol–water partition coefficient (Wildman–Crippen LogP) is 3.78. The molecular weight excluding hydrogens is 336 g/mol. The molecule has 1 heterocycles. The zero-order valence-corrected chi connectivity index (χ0v) is 16.8. The van der Waals surface area contributed by atoms with Crippen LogP contribution in [-0.2, 0) is 10.2 Å². The van der Waals surface area contributed by atoms with Crippen molar-refractivity contribution in [2.45, 2.75) is 58.4 Å². The summed E-state index contributed by atoms with van der Waals surface area (Å²) in [5.41, 5.74) is 1.39. The summed E-state index contributed by atoms with van der Waals surface area (Å²) in [4.78, 5) is 14.6. The number of piperidine rings is 1. The van der Waals surface area contributed by atoms with Gasteiger partial charge in [0, 0.05) is 12.6 Å². The Morgan fingerprint density at radius 1 is 1.20 bits per heavy atom. The Balaban J connectivity index is 0.00000312. The van der Waals surface area contributed by atoms with Crippen LogP contribution in [0.15, 0.2) is 24.3 Å². The van der Waals surface area contributed by atoms with Crippen LogP contribution in [0.25, 0.3) is 0 Å². The molecule has 0 aliphatic carbocycles. The van der Waals surface area contributed by atoms with Crippen LogP contribution in [0.4, 0.5) is 0 Å². The highest BCUT2D eigenvalue weighted by atomic mass is 35.5. The number of hydrogen-bond acceptors (Lipinski definition) is 3. The van der Waals surface area contributed by atoms with E-state index in [1.54, 1.807) is 0 Å². The van der Waals surface area contributed by atoms with E-state index in [1.807, 2.05) is 17.0 Å². The average Bonchev–Trinajstić information content (AvgIpc) is 2.58. The molecule has 1 amide bonds. The van der Waals surface area contributed by atoms with E-state index in [2.05, 4.69) is 45.1 Å². The molecule has 0 aromatic heterocycles. The van der Waals surface area contributed by atoms with Gasteiger partial charge in [0.1, 0.15) is 5.75 Å². The molecular formula is C20H33ClN2O2. The van der Waals surface area contributed by atoms with Gasteiger partial charge < -0.3 is 15.0 Å². The van der Waals surface area contributed by atoms with Gasteiger partial charge in [0.15, 0.2) is 6.61 Å². The van der Waals surface area contributed by atoms with Crippen molar-refractivity contribution in [2.75, 3.05) is 26.2 Å². The minimum Gasteiger partial charge on any atom is -0.484 e. The van der Waals surface area contributed by atoms with E-state index in [4.69, 9.17) is 4.74 Å². The highest BCUT2D eigenvalue weighted by molar-refractivity contribution is 5.85. The lowest BCUT2D eigenvalue weighted by molar-refractivity contribution is -0.136. The SMILES string of the molecule is CCCN(C(=O)COc1ccc(C(C)(C)C)cc1)C1CCNCC1.Cl. The first-order chi connectivity index (χ1) is 11.4. The summed E-state index contributed by atoms with van der Waals surface area (Å²) >= 11 is 0. The zero-order chi connectivity index (χ0) is 17.6. The van der Waals surface area contributed by atoms with Gasteiger partial charge >= 0.3 is 0 Å². The summed E-state index contributed by atoms with van der Waals surface area (Å²) in [5.74, 6) is 0.863. The first kappa shape index (κ1) is 21.8. The third-order valence-electron chi connectivity index (χ3n) is 4.62. The van der Waals surface area contributed by atoms with Crippen LogP contribution in [-0.4, -0.2) is 43.1 Å². The van der Waals surface area contributed by atoms with Crippen LogP contribution in [0.3, 0.4) is 0 Å². The van der Waals surface area contributed by atoms with Crippen molar-refractivity contribution in [1.29, 1.82) is 0 Å². The molecule has 2 rings (SSSR count). The maximum absolute atomic E-state index is 12.6. The molecule has 0 bridgehead atoms. The molecule has 1 aliphatic rings. The van der Waals surface area contributed by atoms with Crippen molar-refractivity contribution in [3.63, 3.8) is 0 Å². The van der Waals surface area contributed by atoms with E-state index in [-0.39, 0.29) is 30.3 Å². The zero-order valence-electron chi connectivity index (χ0n) is 16.0. The number of amides is 1. The Morgan fingerprint density at radius 2 is 1.80 bits per heavy atom. The number of carbonyl (C=O) groups is 1. The van der Waals surface area contributed by atoms with Crippen LogP contribution in [0, 0.1) is 0 Å². The Kier molecular flexibility index (Phi) is 8.74. The third-order valence-corrected chi connectivity index (χ3v) is 4.62. The van der Waals surface area contributed by atoms with E-state index in [9.17, 15) is 4.79 Å². The molecule has 1 fully saturated rings. The van der Waals surface area contributed by atoms with Crippen LogP contribution in [0.5, 0.6) is 5.75 Å². The lowest BCUT2D eigenvalue weighted by Gasteiger charge is -2.34. The van der Waals surface area contributed by atoms with Gasteiger partial charge in [-0.15, -0.1) is 12.4 Å². The fraction of sp³-hybridized carbons (Fsp3) is 0.650. The number of nitrogens with zero attached hydrogens (tertiary/aromatic N) is 1. The van der Waals surface area contributed by atoms with Crippen molar-refractivity contribution >= 4 is 18.3 Å². The van der Waals surface area contributed by atoms with Crippen LogP contribution in [0.1, 0.15) is 52.5 Å². The predicted molar refractivity (Wildman–Crippen MR) is 106 cm³/mol. The molecule has 0 radical (unpaired) electrons. The molecule has 1 aromatic carbocycles. The summed E-state index contributed by atoms with van der Waals surface area (Å²) in [6, 6.07) is 8.43. The molecule has 4 nitrogen and oxygen atoms in total. The summed E-state index contributed by atoms with van der Waals surface area (Å²) in [7, 11) is 0. The van der Waals surface area contributed by atoms with Crippen molar-refractivity contribution in [3.05, 3.63) is 29.8 Å². The second-order valence-corrected chi connectivity index (χ2v) is 7.63. The Morgan fingerprint density at radius 3 is 2.32 bits per heavy atom. The Bertz CT molecular complexity index is 519. The highest BCUT2D eigenvalue weighted by Gasteiger charge is 2.24. The summed E-state index contributed by atoms with van der Waals surface area (Å²) in [5, 5.41) is 3.36. The number of carbonyl (C=O) groups excluding carboxylic acids is 1. The smallest absolute Gasteiger partial charge is 0.260 e. The lowest BCUT2D eigenvalue weighted by Crippen LogP contribution is -2.48. The fourth-order valence-electron chi connectivity index (χ4n) is 3.15. The van der Waals surface area contributed by atoms with E-state index in [1.165, 1.54) is 5.56 Å². The Hall–Kier alpha value is -1.26. The quantitative estimate of drug-likeness (QED) is 0.830. The van der Waals surface area contributed by atoms with Crippen molar-refractivity contribution in [1.82, 2.24) is 10.2 Å². The van der Waals surface area contributed by atoms with Crippen molar-refractivity contribution in [3.8, 4) is 5.75 Å². The summed E-state index contributed by atoms with van der Waals surface area (Å²) in [6.07, 6.45) is 3.05. The maximum Gasteiger partial charge on any atom is 0.260 e. The highest BCUT2D eigenvalue weighted by Crippen LogP contribution is 2.24. The van der Waals surface area contributed by atoms with Crippen molar-refractivity contribution in [2.24, 2.45) is 0 Å². The van der Waals surface area contributed by atoms with Gasteiger partial charge in [0.2, 0.25) is 0 Å². The number of halogens is 1. The molecule has 0 unspecified atom stereocenters. The summed E-state index contributed by atoms with van der Waals surface area (Å²) < 4.78 is 5.75. The van der Waals surface area contributed by atoms with Crippen LogP contribution >= 0.6 is 12.4 Å². The van der Waals surface area contributed by atoms with E-state index < -0.39 is 0 Å². The normalized spacial score (nSPS) is 15.4. The van der Waals surface area contributed by atoms with E-state index in [0.29, 0.717) is 6.04 Å². The van der Waals surface area contributed by atoms with Gasteiger partial charge in [-0.05, 0) is 55.5 Å². The van der Waals surface area contributed by atoms with Gasteiger partial charge in [-0.1, -0.05) is 39.8 Å². The first-order valence-electron chi connectivity index (χ1n) is 9.15. The van der Waals surface area contributed by atoms with E-state index in [0.717, 1.165) is 44.6 Å². The van der Waals surface area contributed by atoms with Gasteiger partial charge in [0.25, 0.3) is 5.91 Å². The lowest BCUT2D eigenvalue weighted by atomic mass is 9.87. The molecule has 1 aromatic rings. The van der Waals surface area contributed by atoms with E-state index >= 15 is 0 Å². The number of nitrogens with one attached hydrogen (secondary N) is 1. The minimum absolute atomic E-state index is 0. The minimum atomic E-state index is 0. The first-order valence-corrected chi connectivity index (χ1v) is 9.15. The monoisotopic (exact) mass is 368 g/mol. The fourth-order valence-corrected chi connectivity index (χ4v) is 3.15. The molecule has 5 heteroatoms. The largest absolute Gasteiger partial charge is 0.484 e. The molecule has 1 aliphatic heterocycles. The molecule has 1 saturated heterocycles. The second-order valence-electron chi connectivity index (χ2n) is 7.63. The van der Waals surface area contributed by atoms with Gasteiger partial charge in [-0.3, -0.25) is 4.79 Å². The molecule has 1 N–H and O–H groups in total. The number of ether oxygens (including phenoxy) is 1. The van der Waals surface area contributed by atoms with Gasteiger partial charge in [-0.25, -0.2) is 0 Å². The maximum atomic E-state index is 12.6. The third kappa shape index (κ3) is 6.52. The summed E-state index contributed by atoms with van der Waals surface area (Å²) in [6.45, 7) is 11.6. The molecule has 142 valence electrons. The number of benzene rings is 1. The molecule has 0 atom stereocenters. The van der Waals surface area contributed by atoms with Crippen molar-refractivity contribution < 1.29 is 9.53 Å². The van der Waals surface area contributed by atoms with Gasteiger partial charge in [-0.2, -0.15) is 0 Å². The second kappa shape index (κ2) is 10.0. The molecule has 0 spiro atoms. The molecule has 0 saturated carbocycles. The molecule has 25 heavy (non-hydrogen) atoms. The number of rotatable bonds is 6. The average molecular weight is 369 g/mol. The van der Waals surface area contributed by atoms with Crippen LogP contribution < -0.4 is 10.1 Å². The van der Waals surface area contributed by atoms with Gasteiger partial charge in [0.05, 0.1) is 0 Å². The van der Waals surface area contributed by atoms with Crippen LogP contribution in [0.2, 0.25) is 0 Å². The number of hydrogen-bond donors (Lipinski definition) is 1. The Labute approximate surface area is 158 Å². The standard InChI is InChI=1S/C20H32N2O2.ClH/c1-5-14-22(17-10-12-21-13-11-17)19(23)15-24-18-8-6-16(7-9-18)20(2,3)4;/h6-9,17,21H,5,10-15H2,1-4H3;1H. The topological polar surface area (TPSA) is 41.6 Å².